The molecule has 1 N–H and O–H groups in total. The van der Waals surface area contributed by atoms with E-state index in [0.29, 0.717) is 23.1 Å². The second-order valence-corrected chi connectivity index (χ2v) is 5.37. The van der Waals surface area contributed by atoms with Crippen molar-refractivity contribution in [2.24, 2.45) is 5.92 Å². The van der Waals surface area contributed by atoms with E-state index >= 15 is 0 Å². The molecule has 2 saturated heterocycles. The molecular formula is C15H17N3O. The number of nitrogens with one attached hydrogen (secondary N) is 1. The summed E-state index contributed by atoms with van der Waals surface area (Å²) in [7, 11) is 0. The fraction of sp³-hybridized carbons (Fsp3) is 0.467. The Balaban J connectivity index is 1.75. The van der Waals surface area contributed by atoms with E-state index in [9.17, 15) is 4.79 Å². The van der Waals surface area contributed by atoms with Gasteiger partial charge in [-0.25, -0.2) is 0 Å². The van der Waals surface area contributed by atoms with Crippen LogP contribution in [0.2, 0.25) is 0 Å². The van der Waals surface area contributed by atoms with Crippen molar-refractivity contribution in [1.82, 2.24) is 10.2 Å². The van der Waals surface area contributed by atoms with Gasteiger partial charge < -0.3 is 10.2 Å². The van der Waals surface area contributed by atoms with Crippen LogP contribution in [-0.4, -0.2) is 36.5 Å². The van der Waals surface area contributed by atoms with Crippen molar-refractivity contribution in [2.45, 2.75) is 18.9 Å². The summed E-state index contributed by atoms with van der Waals surface area (Å²) in [4.78, 5) is 14.4. The number of fused-ring (bicyclic) bond motifs is 1. The minimum atomic E-state index is 0.0494. The highest BCUT2D eigenvalue weighted by atomic mass is 16.2. The average Bonchev–Trinajstić information content (AvgIpc) is 2.90. The minimum Gasteiger partial charge on any atom is -0.337 e. The van der Waals surface area contributed by atoms with Crippen LogP contribution in [0.5, 0.6) is 0 Å². The number of carbonyl (C=O) groups is 1. The highest BCUT2D eigenvalue weighted by Gasteiger charge is 2.36. The summed E-state index contributed by atoms with van der Waals surface area (Å²) in [6.45, 7) is 2.70. The third-order valence-electron chi connectivity index (χ3n) is 4.13. The van der Waals surface area contributed by atoms with E-state index in [0.717, 1.165) is 19.6 Å². The fourth-order valence-electron chi connectivity index (χ4n) is 3.12. The van der Waals surface area contributed by atoms with E-state index < -0.39 is 0 Å². The largest absolute Gasteiger partial charge is 0.337 e. The number of carbonyl (C=O) groups excluding carboxylic acids is 1. The van der Waals surface area contributed by atoms with Crippen LogP contribution in [0.4, 0.5) is 0 Å². The molecule has 2 atom stereocenters. The number of hydrogen-bond donors (Lipinski definition) is 1. The van der Waals surface area contributed by atoms with E-state index in [1.54, 1.807) is 24.3 Å². The van der Waals surface area contributed by atoms with Crippen LogP contribution in [0.15, 0.2) is 24.3 Å². The molecule has 0 radical (unpaired) electrons. The summed E-state index contributed by atoms with van der Waals surface area (Å²) >= 11 is 0. The summed E-state index contributed by atoms with van der Waals surface area (Å²) in [6, 6.07) is 9.50. The number of benzene rings is 1. The first-order valence-corrected chi connectivity index (χ1v) is 6.81. The summed E-state index contributed by atoms with van der Waals surface area (Å²) in [5, 5.41) is 12.4. The van der Waals surface area contributed by atoms with E-state index in [2.05, 4.69) is 11.4 Å². The van der Waals surface area contributed by atoms with Gasteiger partial charge in [0.15, 0.2) is 0 Å². The molecular weight excluding hydrogens is 238 g/mol. The summed E-state index contributed by atoms with van der Waals surface area (Å²) in [6.07, 6.45) is 2.41. The second kappa shape index (κ2) is 5.02. The van der Waals surface area contributed by atoms with Gasteiger partial charge in [0.1, 0.15) is 0 Å². The molecule has 0 aromatic heterocycles. The molecule has 0 saturated carbocycles. The van der Waals surface area contributed by atoms with Gasteiger partial charge in [-0.05, 0) is 43.5 Å². The van der Waals surface area contributed by atoms with Crippen LogP contribution in [0.1, 0.15) is 28.8 Å². The third kappa shape index (κ3) is 2.34. The Hall–Kier alpha value is -1.86. The number of nitriles is 1. The van der Waals surface area contributed by atoms with Crippen molar-refractivity contribution in [2.75, 3.05) is 19.6 Å². The molecule has 0 unspecified atom stereocenters. The smallest absolute Gasteiger partial charge is 0.253 e. The zero-order chi connectivity index (χ0) is 13.2. The molecule has 0 aliphatic carbocycles. The molecule has 2 heterocycles. The Morgan fingerprint density at radius 2 is 2.32 bits per heavy atom. The van der Waals surface area contributed by atoms with Gasteiger partial charge in [-0.1, -0.05) is 6.07 Å². The predicted octanol–water partition coefficient (Wildman–Crippen LogP) is 1.38. The second-order valence-electron chi connectivity index (χ2n) is 5.37. The molecule has 1 aromatic carbocycles. The summed E-state index contributed by atoms with van der Waals surface area (Å²) < 4.78 is 0. The molecule has 19 heavy (non-hydrogen) atoms. The fourth-order valence-corrected chi connectivity index (χ4v) is 3.12. The lowest BCUT2D eigenvalue weighted by atomic mass is 9.94. The number of amides is 1. The molecule has 2 aliphatic heterocycles. The van der Waals surface area contributed by atoms with Gasteiger partial charge in [-0.15, -0.1) is 0 Å². The minimum absolute atomic E-state index is 0.0494. The van der Waals surface area contributed by atoms with E-state index in [1.807, 2.05) is 4.90 Å². The van der Waals surface area contributed by atoms with Crippen molar-refractivity contribution in [3.63, 3.8) is 0 Å². The molecule has 0 spiro atoms. The Morgan fingerprint density at radius 3 is 3.11 bits per heavy atom. The van der Waals surface area contributed by atoms with Crippen molar-refractivity contribution in [1.29, 1.82) is 5.26 Å². The van der Waals surface area contributed by atoms with Gasteiger partial charge in [-0.2, -0.15) is 5.26 Å². The highest BCUT2D eigenvalue weighted by molar-refractivity contribution is 5.94. The predicted molar refractivity (Wildman–Crippen MR) is 71.6 cm³/mol. The van der Waals surface area contributed by atoms with Crippen LogP contribution < -0.4 is 5.32 Å². The molecule has 2 aliphatic rings. The quantitative estimate of drug-likeness (QED) is 0.825. The number of nitrogens with zero attached hydrogens (tertiary/aromatic N) is 2. The number of hydrogen-bond acceptors (Lipinski definition) is 3. The Morgan fingerprint density at radius 1 is 1.42 bits per heavy atom. The lowest BCUT2D eigenvalue weighted by Gasteiger charge is -2.24. The maximum Gasteiger partial charge on any atom is 0.253 e. The lowest BCUT2D eigenvalue weighted by Crippen LogP contribution is -2.41. The summed E-state index contributed by atoms with van der Waals surface area (Å²) in [5.74, 6) is 0.644. The van der Waals surface area contributed by atoms with Gasteiger partial charge in [-0.3, -0.25) is 4.79 Å². The van der Waals surface area contributed by atoms with E-state index in [4.69, 9.17) is 5.26 Å². The molecule has 4 nitrogen and oxygen atoms in total. The first-order valence-electron chi connectivity index (χ1n) is 6.81. The number of rotatable bonds is 1. The van der Waals surface area contributed by atoms with Crippen LogP contribution in [0.25, 0.3) is 0 Å². The van der Waals surface area contributed by atoms with Gasteiger partial charge in [0.2, 0.25) is 0 Å². The van der Waals surface area contributed by atoms with Crippen LogP contribution in [0.3, 0.4) is 0 Å². The van der Waals surface area contributed by atoms with Crippen LogP contribution in [-0.2, 0) is 0 Å². The molecule has 3 rings (SSSR count). The SMILES string of the molecule is N#Cc1cccc(C(=O)N2C[C@@H]3CCCN[C@@H]3C2)c1. The average molecular weight is 255 g/mol. The topological polar surface area (TPSA) is 56.1 Å². The maximum atomic E-state index is 12.4. The number of piperidine rings is 1. The standard InChI is InChI=1S/C15H17N3O/c16-8-11-3-1-4-12(7-11)15(19)18-9-13-5-2-6-17-14(13)10-18/h1,3-4,7,13-14,17H,2,5-6,9-10H2/t13-,14+/m0/s1. The lowest BCUT2D eigenvalue weighted by molar-refractivity contribution is 0.0785. The van der Waals surface area contributed by atoms with E-state index in [-0.39, 0.29) is 5.91 Å². The zero-order valence-corrected chi connectivity index (χ0v) is 10.8. The summed E-state index contributed by atoms with van der Waals surface area (Å²) in [5.41, 5.74) is 1.17. The van der Waals surface area contributed by atoms with Gasteiger partial charge >= 0.3 is 0 Å². The molecule has 1 amide bonds. The third-order valence-corrected chi connectivity index (χ3v) is 4.13. The van der Waals surface area contributed by atoms with E-state index in [1.165, 1.54) is 12.8 Å². The van der Waals surface area contributed by atoms with Crippen LogP contribution in [0, 0.1) is 17.2 Å². The van der Waals surface area contributed by atoms with Crippen molar-refractivity contribution in [3.8, 4) is 6.07 Å². The van der Waals surface area contributed by atoms with Gasteiger partial charge in [0.05, 0.1) is 11.6 Å². The first kappa shape index (κ1) is 12.2. The Kier molecular flexibility index (Phi) is 3.22. The van der Waals surface area contributed by atoms with Crippen LogP contribution >= 0.6 is 0 Å². The highest BCUT2D eigenvalue weighted by Crippen LogP contribution is 2.26. The van der Waals surface area contributed by atoms with Gasteiger partial charge in [0, 0.05) is 24.7 Å². The molecule has 2 fully saturated rings. The monoisotopic (exact) mass is 255 g/mol. The first-order chi connectivity index (χ1) is 9.28. The number of likely N-dealkylation sites (tertiary alicyclic amines) is 1. The van der Waals surface area contributed by atoms with Crippen molar-refractivity contribution >= 4 is 5.91 Å². The zero-order valence-electron chi connectivity index (χ0n) is 10.8. The maximum absolute atomic E-state index is 12.4. The molecule has 0 bridgehead atoms. The van der Waals surface area contributed by atoms with Gasteiger partial charge in [0.25, 0.3) is 5.91 Å². The molecule has 98 valence electrons. The Labute approximate surface area is 113 Å². The normalized spacial score (nSPS) is 25.7. The molecule has 1 aromatic rings. The Bertz CT molecular complexity index is 520. The molecule has 4 heteroatoms. The van der Waals surface area contributed by atoms with Crippen molar-refractivity contribution < 1.29 is 4.79 Å². The van der Waals surface area contributed by atoms with Crippen molar-refractivity contribution in [3.05, 3.63) is 35.4 Å².